The molecule has 6 nitrogen and oxygen atoms in total. The van der Waals surface area contributed by atoms with Crippen LogP contribution in [0.15, 0.2) is 21.6 Å². The maximum absolute atomic E-state index is 12.2. The molecule has 0 aromatic heterocycles. The van der Waals surface area contributed by atoms with Crippen molar-refractivity contribution in [3.8, 4) is 12.1 Å². The lowest BCUT2D eigenvalue weighted by atomic mass is 9.88. The van der Waals surface area contributed by atoms with Gasteiger partial charge >= 0.3 is 11.9 Å². The van der Waals surface area contributed by atoms with Gasteiger partial charge in [0.1, 0.15) is 23.3 Å². The third kappa shape index (κ3) is 5.11. The summed E-state index contributed by atoms with van der Waals surface area (Å²) in [4.78, 5) is 24.7. The van der Waals surface area contributed by atoms with Crippen molar-refractivity contribution in [2.45, 2.75) is 39.0 Å². The molecule has 1 rings (SSSR count). The Bertz CT molecular complexity index is 668. The van der Waals surface area contributed by atoms with Crippen molar-refractivity contribution in [3.63, 3.8) is 0 Å². The van der Waals surface area contributed by atoms with Crippen LogP contribution in [0.2, 0.25) is 0 Å². The first-order valence-electron chi connectivity index (χ1n) is 8.12. The Kier molecular flexibility index (Phi) is 8.80. The quantitative estimate of drug-likeness (QED) is 0.320. The highest BCUT2D eigenvalue weighted by Gasteiger charge is 2.31. The van der Waals surface area contributed by atoms with Crippen LogP contribution in [-0.2, 0) is 19.1 Å². The van der Waals surface area contributed by atoms with E-state index in [0.717, 1.165) is 19.3 Å². The second-order valence-corrected chi connectivity index (χ2v) is 6.28. The molecule has 1 aliphatic carbocycles. The van der Waals surface area contributed by atoms with Crippen LogP contribution in [0.1, 0.15) is 39.0 Å². The van der Waals surface area contributed by atoms with Crippen LogP contribution in [-0.4, -0.2) is 31.9 Å². The molecule has 0 spiro atoms. The van der Waals surface area contributed by atoms with E-state index in [1.165, 1.54) is 18.9 Å². The molecule has 0 aromatic rings. The van der Waals surface area contributed by atoms with Crippen LogP contribution in [0.5, 0.6) is 0 Å². The van der Waals surface area contributed by atoms with Crippen molar-refractivity contribution >= 4 is 23.7 Å². The minimum Gasteiger partial charge on any atom is -0.465 e. The normalized spacial score (nSPS) is 20.3. The molecule has 134 valence electrons. The number of carbonyl (C=O) groups is 2. The van der Waals surface area contributed by atoms with Crippen molar-refractivity contribution in [2.24, 2.45) is 5.92 Å². The standard InChI is InChI=1S/C18H22N2O4S/c1-4-24-18(22)14(10-19)12-8-6-5-7-9-13(12)16(25-3)15(11-20)17(21)23-2/h13H,4-9H2,1-3H3/b14-12+,16-15+/t13-/m1/s1. The molecule has 0 heterocycles. The number of esters is 2. The lowest BCUT2D eigenvalue weighted by Crippen LogP contribution is -2.17. The second-order valence-electron chi connectivity index (χ2n) is 5.43. The van der Waals surface area contributed by atoms with Crippen molar-refractivity contribution < 1.29 is 19.1 Å². The van der Waals surface area contributed by atoms with Gasteiger partial charge in [0.15, 0.2) is 0 Å². The van der Waals surface area contributed by atoms with E-state index < -0.39 is 11.9 Å². The lowest BCUT2D eigenvalue weighted by Gasteiger charge is -2.22. The van der Waals surface area contributed by atoms with Crippen molar-refractivity contribution in [1.82, 2.24) is 0 Å². The first-order valence-corrected chi connectivity index (χ1v) is 9.34. The lowest BCUT2D eigenvalue weighted by molar-refractivity contribution is -0.138. The largest absolute Gasteiger partial charge is 0.465 e. The Labute approximate surface area is 152 Å². The number of hydrogen-bond donors (Lipinski definition) is 0. The number of allylic oxidation sites excluding steroid dienone is 2. The molecule has 1 saturated carbocycles. The van der Waals surface area contributed by atoms with E-state index in [4.69, 9.17) is 9.47 Å². The number of nitriles is 2. The fourth-order valence-corrected chi connectivity index (χ4v) is 3.83. The van der Waals surface area contributed by atoms with E-state index >= 15 is 0 Å². The van der Waals surface area contributed by atoms with Gasteiger partial charge in [-0.25, -0.2) is 9.59 Å². The van der Waals surface area contributed by atoms with E-state index in [1.807, 2.05) is 12.1 Å². The van der Waals surface area contributed by atoms with E-state index in [0.29, 0.717) is 23.3 Å². The summed E-state index contributed by atoms with van der Waals surface area (Å²) in [5, 5.41) is 18.9. The molecule has 0 N–H and O–H groups in total. The number of thioether (sulfide) groups is 1. The molecule has 0 radical (unpaired) electrons. The van der Waals surface area contributed by atoms with Gasteiger partial charge in [0, 0.05) is 10.8 Å². The van der Waals surface area contributed by atoms with Gasteiger partial charge in [0.2, 0.25) is 0 Å². The number of hydrogen-bond acceptors (Lipinski definition) is 7. The average molecular weight is 362 g/mol. The topological polar surface area (TPSA) is 100 Å². The van der Waals surface area contributed by atoms with E-state index in [-0.39, 0.29) is 23.7 Å². The predicted molar refractivity (Wildman–Crippen MR) is 94.0 cm³/mol. The molecule has 0 bridgehead atoms. The number of carbonyl (C=O) groups excluding carboxylic acids is 2. The SMILES string of the molecule is CCOC(=O)/C(C#N)=C1\CCCCC[C@H]1/C(SC)=C(/C#N)C(=O)OC. The smallest absolute Gasteiger partial charge is 0.349 e. The third-order valence-electron chi connectivity index (χ3n) is 4.06. The van der Waals surface area contributed by atoms with Gasteiger partial charge in [0.05, 0.1) is 13.7 Å². The summed E-state index contributed by atoms with van der Waals surface area (Å²) in [7, 11) is 1.22. The van der Waals surface area contributed by atoms with Crippen LogP contribution < -0.4 is 0 Å². The average Bonchev–Trinajstić information content (AvgIpc) is 2.86. The second kappa shape index (κ2) is 10.6. The third-order valence-corrected chi connectivity index (χ3v) is 4.98. The molecule has 0 aliphatic heterocycles. The maximum Gasteiger partial charge on any atom is 0.349 e. The van der Waals surface area contributed by atoms with Gasteiger partial charge in [-0.05, 0) is 38.0 Å². The van der Waals surface area contributed by atoms with Crippen molar-refractivity contribution in [3.05, 3.63) is 21.6 Å². The minimum atomic E-state index is -0.704. The van der Waals surface area contributed by atoms with Gasteiger partial charge in [-0.1, -0.05) is 12.8 Å². The van der Waals surface area contributed by atoms with E-state index in [1.54, 1.807) is 13.2 Å². The van der Waals surface area contributed by atoms with Gasteiger partial charge in [-0.3, -0.25) is 0 Å². The highest BCUT2D eigenvalue weighted by atomic mass is 32.2. The van der Waals surface area contributed by atoms with E-state index in [2.05, 4.69) is 0 Å². The van der Waals surface area contributed by atoms with Crippen LogP contribution in [0.25, 0.3) is 0 Å². The molecule has 0 amide bonds. The van der Waals surface area contributed by atoms with Crippen molar-refractivity contribution in [2.75, 3.05) is 20.0 Å². The Balaban J connectivity index is 3.56. The molecule has 1 atom stereocenters. The molecule has 25 heavy (non-hydrogen) atoms. The summed E-state index contributed by atoms with van der Waals surface area (Å²) in [6, 6.07) is 3.88. The molecule has 0 aromatic carbocycles. The zero-order valence-corrected chi connectivity index (χ0v) is 15.6. The van der Waals surface area contributed by atoms with Crippen molar-refractivity contribution in [1.29, 1.82) is 10.5 Å². The summed E-state index contributed by atoms with van der Waals surface area (Å²) in [6.45, 7) is 1.86. The van der Waals surface area contributed by atoms with E-state index in [9.17, 15) is 20.1 Å². The number of ether oxygens (including phenoxy) is 2. The highest BCUT2D eigenvalue weighted by Crippen LogP contribution is 2.41. The van der Waals surface area contributed by atoms with Crippen LogP contribution in [0, 0.1) is 28.6 Å². The zero-order chi connectivity index (χ0) is 18.8. The molecule has 7 heteroatoms. The Morgan fingerprint density at radius 1 is 1.20 bits per heavy atom. The zero-order valence-electron chi connectivity index (χ0n) is 14.8. The number of methoxy groups -OCH3 is 1. The van der Waals surface area contributed by atoms with Gasteiger partial charge < -0.3 is 9.47 Å². The number of nitrogens with zero attached hydrogens (tertiary/aromatic N) is 2. The molecular weight excluding hydrogens is 340 g/mol. The maximum atomic E-state index is 12.2. The Morgan fingerprint density at radius 2 is 1.92 bits per heavy atom. The fraction of sp³-hybridized carbons (Fsp3) is 0.556. The summed E-state index contributed by atoms with van der Waals surface area (Å²) < 4.78 is 9.72. The molecule has 1 fully saturated rings. The summed E-state index contributed by atoms with van der Waals surface area (Å²) in [5.74, 6) is -1.68. The van der Waals surface area contributed by atoms with Gasteiger partial charge in [-0.15, -0.1) is 11.8 Å². The fourth-order valence-electron chi connectivity index (χ4n) is 2.95. The van der Waals surface area contributed by atoms with Crippen LogP contribution >= 0.6 is 11.8 Å². The summed E-state index contributed by atoms with van der Waals surface area (Å²) >= 11 is 1.28. The predicted octanol–water partition coefficient (Wildman–Crippen LogP) is 3.26. The Hall–Kier alpha value is -2.25. The first kappa shape index (κ1) is 20.8. The van der Waals surface area contributed by atoms with Gasteiger partial charge in [0.25, 0.3) is 0 Å². The first-order chi connectivity index (χ1) is 12.0. The molecule has 0 saturated heterocycles. The molecular formula is C18H22N2O4S. The summed E-state index contributed by atoms with van der Waals surface area (Å²) in [5.41, 5.74) is 0.572. The van der Waals surface area contributed by atoms with Crippen LogP contribution in [0.4, 0.5) is 0 Å². The van der Waals surface area contributed by atoms with Gasteiger partial charge in [-0.2, -0.15) is 10.5 Å². The Morgan fingerprint density at radius 3 is 2.44 bits per heavy atom. The summed E-state index contributed by atoms with van der Waals surface area (Å²) in [6.07, 6.45) is 5.70. The monoisotopic (exact) mass is 362 g/mol. The molecule has 1 aliphatic rings. The molecule has 0 unspecified atom stereocenters. The van der Waals surface area contributed by atoms with Crippen LogP contribution in [0.3, 0.4) is 0 Å². The highest BCUT2D eigenvalue weighted by molar-refractivity contribution is 8.02. The minimum absolute atomic E-state index is 0.0116. The number of rotatable bonds is 5.